The van der Waals surface area contributed by atoms with Gasteiger partial charge in [-0.25, -0.2) is 0 Å². The lowest BCUT2D eigenvalue weighted by Gasteiger charge is -2.26. The summed E-state index contributed by atoms with van der Waals surface area (Å²) >= 11 is 3.38. The summed E-state index contributed by atoms with van der Waals surface area (Å²) in [4.78, 5) is 12.1. The molecule has 1 aromatic carbocycles. The molecule has 0 radical (unpaired) electrons. The van der Waals surface area contributed by atoms with Gasteiger partial charge < -0.3 is 10.4 Å². The number of benzene rings is 1. The summed E-state index contributed by atoms with van der Waals surface area (Å²) in [5.74, 6) is -0.0660. The fourth-order valence-corrected chi connectivity index (χ4v) is 2.64. The predicted molar refractivity (Wildman–Crippen MR) is 81.3 cm³/mol. The van der Waals surface area contributed by atoms with Gasteiger partial charge in [-0.05, 0) is 49.4 Å². The smallest absolute Gasteiger partial charge is 0.251 e. The molecule has 3 nitrogen and oxygen atoms in total. The number of carbonyl (C=O) groups excluding carboxylic acids is 1. The van der Waals surface area contributed by atoms with E-state index in [1.165, 1.54) is 0 Å². The number of carbonyl (C=O) groups is 1. The molecule has 0 aliphatic rings. The highest BCUT2D eigenvalue weighted by atomic mass is 79.9. The molecule has 1 atom stereocenters. The maximum absolute atomic E-state index is 12.1. The molecule has 1 rings (SSSR count). The van der Waals surface area contributed by atoms with Crippen LogP contribution in [0.3, 0.4) is 0 Å². The van der Waals surface area contributed by atoms with Gasteiger partial charge in [0.15, 0.2) is 0 Å². The first-order valence-electron chi connectivity index (χ1n) is 6.44. The number of aryl methyl sites for hydroxylation is 1. The molecule has 0 fully saturated rings. The zero-order chi connectivity index (χ0) is 14.6. The van der Waals surface area contributed by atoms with E-state index in [-0.39, 0.29) is 17.4 Å². The van der Waals surface area contributed by atoms with Gasteiger partial charge in [-0.1, -0.05) is 29.8 Å². The van der Waals surface area contributed by atoms with Crippen molar-refractivity contribution in [2.45, 2.75) is 40.2 Å². The quantitative estimate of drug-likeness (QED) is 0.871. The average molecular weight is 328 g/mol. The van der Waals surface area contributed by atoms with Crippen molar-refractivity contribution in [2.24, 2.45) is 5.41 Å². The molecular weight excluding hydrogens is 306 g/mol. The number of aliphatic hydroxyl groups excluding tert-OH is 1. The summed E-state index contributed by atoms with van der Waals surface area (Å²) in [7, 11) is 0. The Kier molecular flexibility index (Phi) is 5.56. The minimum atomic E-state index is -0.360. The second-order valence-corrected chi connectivity index (χ2v) is 6.77. The van der Waals surface area contributed by atoms with Crippen molar-refractivity contribution in [1.29, 1.82) is 0 Å². The fourth-order valence-electron chi connectivity index (χ4n) is 2.17. The summed E-state index contributed by atoms with van der Waals surface area (Å²) in [5.41, 5.74) is 1.52. The highest BCUT2D eigenvalue weighted by molar-refractivity contribution is 9.10. The third kappa shape index (κ3) is 5.33. The molecule has 1 amide bonds. The molecule has 19 heavy (non-hydrogen) atoms. The topological polar surface area (TPSA) is 49.3 Å². The van der Waals surface area contributed by atoms with Gasteiger partial charge in [-0.2, -0.15) is 0 Å². The lowest BCUT2D eigenvalue weighted by Crippen LogP contribution is -2.36. The largest absolute Gasteiger partial charge is 0.393 e. The van der Waals surface area contributed by atoms with Gasteiger partial charge in [-0.15, -0.1) is 0 Å². The number of hydrogen-bond donors (Lipinski definition) is 2. The Morgan fingerprint density at radius 2 is 2.11 bits per heavy atom. The fraction of sp³-hybridized carbons (Fsp3) is 0.533. The van der Waals surface area contributed by atoms with Crippen LogP contribution in [0, 0.1) is 12.3 Å². The Morgan fingerprint density at radius 1 is 1.47 bits per heavy atom. The lowest BCUT2D eigenvalue weighted by atomic mass is 9.87. The molecule has 2 N–H and O–H groups in total. The lowest BCUT2D eigenvalue weighted by molar-refractivity contribution is 0.0901. The molecule has 0 saturated carbocycles. The number of hydrogen-bond acceptors (Lipinski definition) is 2. The zero-order valence-electron chi connectivity index (χ0n) is 12.0. The summed E-state index contributed by atoms with van der Waals surface area (Å²) in [6.45, 7) is 8.30. The summed E-state index contributed by atoms with van der Waals surface area (Å²) < 4.78 is 0.969. The maximum atomic E-state index is 12.1. The second kappa shape index (κ2) is 6.53. The van der Waals surface area contributed by atoms with Crippen LogP contribution < -0.4 is 5.32 Å². The van der Waals surface area contributed by atoms with Crippen LogP contribution in [0.2, 0.25) is 0 Å². The van der Waals surface area contributed by atoms with Gasteiger partial charge in [0.25, 0.3) is 5.91 Å². The van der Waals surface area contributed by atoms with Crippen molar-refractivity contribution >= 4 is 21.8 Å². The van der Waals surface area contributed by atoms with Gasteiger partial charge in [0.1, 0.15) is 0 Å². The molecule has 1 aromatic rings. The second-order valence-electron chi connectivity index (χ2n) is 5.86. The van der Waals surface area contributed by atoms with Crippen LogP contribution in [0.25, 0.3) is 0 Å². The predicted octanol–water partition coefficient (Wildman–Crippen LogP) is 3.28. The first-order chi connectivity index (χ1) is 8.71. The van der Waals surface area contributed by atoms with Gasteiger partial charge >= 0.3 is 0 Å². The molecule has 0 saturated heterocycles. The van der Waals surface area contributed by atoms with E-state index < -0.39 is 0 Å². The van der Waals surface area contributed by atoms with E-state index in [9.17, 15) is 9.90 Å². The molecule has 0 heterocycles. The first kappa shape index (κ1) is 16.2. The number of halogens is 1. The zero-order valence-corrected chi connectivity index (χ0v) is 13.5. The van der Waals surface area contributed by atoms with Crippen LogP contribution in [0.1, 0.15) is 43.1 Å². The van der Waals surface area contributed by atoms with Crippen LogP contribution in [0.15, 0.2) is 22.7 Å². The van der Waals surface area contributed by atoms with E-state index in [1.807, 2.05) is 39.0 Å². The minimum Gasteiger partial charge on any atom is -0.393 e. The van der Waals surface area contributed by atoms with Crippen molar-refractivity contribution < 1.29 is 9.90 Å². The van der Waals surface area contributed by atoms with Crippen LogP contribution in [0.4, 0.5) is 0 Å². The molecule has 1 unspecified atom stereocenters. The molecule has 106 valence electrons. The standard InChI is InChI=1S/C15H22BrNO2/c1-10-7-12(16)5-6-13(10)14(19)17-9-15(3,4)8-11(2)18/h5-7,11,18H,8-9H2,1-4H3,(H,17,19). The highest BCUT2D eigenvalue weighted by Gasteiger charge is 2.21. The maximum Gasteiger partial charge on any atom is 0.251 e. The van der Waals surface area contributed by atoms with Gasteiger partial charge in [0.05, 0.1) is 6.10 Å². The molecule has 0 aliphatic carbocycles. The van der Waals surface area contributed by atoms with Crippen molar-refractivity contribution in [3.63, 3.8) is 0 Å². The average Bonchev–Trinajstić information content (AvgIpc) is 2.24. The molecule has 0 aliphatic heterocycles. The first-order valence-corrected chi connectivity index (χ1v) is 7.23. The molecule has 0 spiro atoms. The Morgan fingerprint density at radius 3 is 2.63 bits per heavy atom. The summed E-state index contributed by atoms with van der Waals surface area (Å²) in [5, 5.41) is 12.4. The van der Waals surface area contributed by atoms with Gasteiger partial charge in [-0.3, -0.25) is 4.79 Å². The third-order valence-corrected chi connectivity index (χ3v) is 3.50. The Hall–Kier alpha value is -0.870. The number of nitrogens with one attached hydrogen (secondary N) is 1. The SMILES string of the molecule is Cc1cc(Br)ccc1C(=O)NCC(C)(C)CC(C)O. The van der Waals surface area contributed by atoms with Crippen LogP contribution in [0.5, 0.6) is 0 Å². The molecule has 0 aromatic heterocycles. The Balaban J connectivity index is 2.65. The van der Waals surface area contributed by atoms with Crippen LogP contribution in [-0.4, -0.2) is 23.7 Å². The highest BCUT2D eigenvalue weighted by Crippen LogP contribution is 2.22. The van der Waals surface area contributed by atoms with Crippen molar-refractivity contribution in [3.8, 4) is 0 Å². The van der Waals surface area contributed by atoms with E-state index in [1.54, 1.807) is 6.92 Å². The Labute approximate surface area is 123 Å². The molecule has 0 bridgehead atoms. The molecule has 4 heteroatoms. The van der Waals surface area contributed by atoms with E-state index in [4.69, 9.17) is 0 Å². The van der Waals surface area contributed by atoms with E-state index >= 15 is 0 Å². The summed E-state index contributed by atoms with van der Waals surface area (Å²) in [6, 6.07) is 5.61. The van der Waals surface area contributed by atoms with Gasteiger partial charge in [0.2, 0.25) is 0 Å². The van der Waals surface area contributed by atoms with Crippen molar-refractivity contribution in [3.05, 3.63) is 33.8 Å². The van der Waals surface area contributed by atoms with Crippen molar-refractivity contribution in [2.75, 3.05) is 6.54 Å². The van der Waals surface area contributed by atoms with Gasteiger partial charge in [0, 0.05) is 16.6 Å². The number of amides is 1. The number of rotatable bonds is 5. The minimum absolute atomic E-state index is 0.0660. The van der Waals surface area contributed by atoms with E-state index in [2.05, 4.69) is 21.2 Å². The van der Waals surface area contributed by atoms with Crippen LogP contribution >= 0.6 is 15.9 Å². The van der Waals surface area contributed by atoms with E-state index in [0.29, 0.717) is 18.5 Å². The normalized spacial score (nSPS) is 13.2. The van der Waals surface area contributed by atoms with Crippen LogP contribution in [-0.2, 0) is 0 Å². The summed E-state index contributed by atoms with van der Waals surface area (Å²) in [6.07, 6.45) is 0.299. The molecular formula is C15H22BrNO2. The number of aliphatic hydroxyl groups is 1. The van der Waals surface area contributed by atoms with E-state index in [0.717, 1.165) is 10.0 Å². The van der Waals surface area contributed by atoms with Crippen molar-refractivity contribution in [1.82, 2.24) is 5.32 Å². The Bertz CT molecular complexity index is 455. The third-order valence-electron chi connectivity index (χ3n) is 3.01. The monoisotopic (exact) mass is 327 g/mol.